The molecule has 0 aliphatic heterocycles. The lowest BCUT2D eigenvalue weighted by molar-refractivity contribution is -0.384. The fourth-order valence-electron chi connectivity index (χ4n) is 4.18. The Kier molecular flexibility index (Phi) is 3.91. The number of hydrogen-bond acceptors (Lipinski definition) is 2. The summed E-state index contributed by atoms with van der Waals surface area (Å²) >= 11 is 0. The lowest BCUT2D eigenvalue weighted by atomic mass is 10.0. The molecule has 140 valence electrons. The Labute approximate surface area is 167 Å². The van der Waals surface area contributed by atoms with Gasteiger partial charge in [-0.1, -0.05) is 84.9 Å². The van der Waals surface area contributed by atoms with Crippen LogP contribution in [-0.2, 0) is 7.05 Å². The van der Waals surface area contributed by atoms with Gasteiger partial charge in [0.2, 0.25) is 0 Å². The third-order valence-electron chi connectivity index (χ3n) is 5.52. The molecule has 5 aromatic rings. The van der Waals surface area contributed by atoms with E-state index in [-0.39, 0.29) is 10.6 Å². The summed E-state index contributed by atoms with van der Waals surface area (Å²) in [5.74, 6) is 0. The van der Waals surface area contributed by atoms with E-state index in [1.165, 1.54) is 0 Å². The van der Waals surface area contributed by atoms with Crippen molar-refractivity contribution in [2.45, 2.75) is 0 Å². The Morgan fingerprint density at radius 2 is 1.24 bits per heavy atom. The maximum atomic E-state index is 12.0. The molecule has 0 radical (unpaired) electrons. The first kappa shape index (κ1) is 17.2. The molecule has 0 spiro atoms. The van der Waals surface area contributed by atoms with E-state index < -0.39 is 0 Å². The van der Waals surface area contributed by atoms with Gasteiger partial charge in [-0.3, -0.25) is 10.1 Å². The van der Waals surface area contributed by atoms with Crippen molar-refractivity contribution in [3.05, 3.63) is 101 Å². The third-order valence-corrected chi connectivity index (χ3v) is 5.52. The summed E-state index contributed by atoms with van der Waals surface area (Å²) in [5, 5.41) is 16.2. The van der Waals surface area contributed by atoms with Crippen LogP contribution in [0.4, 0.5) is 5.69 Å². The summed E-state index contributed by atoms with van der Waals surface area (Å²) in [5.41, 5.74) is 3.42. The van der Waals surface area contributed by atoms with Gasteiger partial charge in [0.1, 0.15) is 5.69 Å². The maximum Gasteiger partial charge on any atom is 0.295 e. The zero-order chi connectivity index (χ0) is 20.0. The molecule has 0 saturated carbocycles. The third kappa shape index (κ3) is 2.69. The molecule has 0 aliphatic carbocycles. The van der Waals surface area contributed by atoms with Crippen molar-refractivity contribution in [2.75, 3.05) is 0 Å². The van der Waals surface area contributed by atoms with E-state index in [1.54, 1.807) is 6.07 Å². The lowest BCUT2D eigenvalue weighted by Gasteiger charge is -2.11. The van der Waals surface area contributed by atoms with Crippen LogP contribution in [0.5, 0.6) is 0 Å². The van der Waals surface area contributed by atoms with Gasteiger partial charge < -0.3 is 4.57 Å². The van der Waals surface area contributed by atoms with Crippen molar-refractivity contribution >= 4 is 27.2 Å². The van der Waals surface area contributed by atoms with Crippen LogP contribution >= 0.6 is 0 Å². The van der Waals surface area contributed by atoms with E-state index in [0.29, 0.717) is 5.69 Å². The number of nitrogens with zero attached hydrogens (tertiary/aromatic N) is 2. The molecule has 5 rings (SSSR count). The van der Waals surface area contributed by atoms with Gasteiger partial charge in [-0.05, 0) is 21.5 Å². The average Bonchev–Trinajstić information content (AvgIpc) is 3.10. The van der Waals surface area contributed by atoms with Gasteiger partial charge in [0, 0.05) is 24.2 Å². The maximum absolute atomic E-state index is 12.0. The summed E-state index contributed by atoms with van der Waals surface area (Å²) in [6.45, 7) is 0. The molecule has 4 aromatic carbocycles. The average molecular weight is 378 g/mol. The van der Waals surface area contributed by atoms with Crippen molar-refractivity contribution < 1.29 is 4.92 Å². The molecular formula is C25H18N2O2. The van der Waals surface area contributed by atoms with Crippen molar-refractivity contribution in [3.8, 4) is 22.5 Å². The first-order valence-electron chi connectivity index (χ1n) is 9.45. The van der Waals surface area contributed by atoms with E-state index in [2.05, 4.69) is 18.2 Å². The first-order chi connectivity index (χ1) is 14.1. The minimum Gasteiger partial charge on any atom is -0.338 e. The smallest absolute Gasteiger partial charge is 0.295 e. The Morgan fingerprint density at radius 1 is 0.724 bits per heavy atom. The molecule has 0 atom stereocenters. The van der Waals surface area contributed by atoms with Crippen LogP contribution < -0.4 is 0 Å². The van der Waals surface area contributed by atoms with Crippen LogP contribution in [-0.4, -0.2) is 9.49 Å². The van der Waals surface area contributed by atoms with Gasteiger partial charge in [0.25, 0.3) is 5.69 Å². The number of nitro groups is 1. The molecule has 0 saturated heterocycles. The van der Waals surface area contributed by atoms with E-state index in [1.807, 2.05) is 78.3 Å². The standard InChI is InChI=1S/C25H18N2O2/c1-26-23(21-14-6-10-17-8-2-4-12-19(17)21)16-24(27(28)29)25(26)22-15-7-11-18-9-3-5-13-20(18)22/h2-16H,1H3. The summed E-state index contributed by atoms with van der Waals surface area (Å²) in [4.78, 5) is 11.7. The zero-order valence-corrected chi connectivity index (χ0v) is 15.9. The normalized spacial score (nSPS) is 11.2. The molecular weight excluding hydrogens is 360 g/mol. The summed E-state index contributed by atoms with van der Waals surface area (Å²) in [6.07, 6.45) is 0. The highest BCUT2D eigenvalue weighted by molar-refractivity contribution is 6.01. The second-order valence-corrected chi connectivity index (χ2v) is 7.13. The Morgan fingerprint density at radius 3 is 1.86 bits per heavy atom. The lowest BCUT2D eigenvalue weighted by Crippen LogP contribution is -1.98. The quantitative estimate of drug-likeness (QED) is 0.263. The Hall–Kier alpha value is -3.92. The Balaban J connectivity index is 1.84. The van der Waals surface area contributed by atoms with Crippen molar-refractivity contribution in [1.82, 2.24) is 4.57 Å². The monoisotopic (exact) mass is 378 g/mol. The predicted molar refractivity (Wildman–Crippen MR) is 118 cm³/mol. The number of benzene rings is 4. The highest BCUT2D eigenvalue weighted by Crippen LogP contribution is 2.41. The summed E-state index contributed by atoms with van der Waals surface area (Å²) in [7, 11) is 1.90. The topological polar surface area (TPSA) is 48.1 Å². The predicted octanol–water partition coefficient (Wildman–Crippen LogP) is 6.57. The second kappa shape index (κ2) is 6.60. The second-order valence-electron chi connectivity index (χ2n) is 7.13. The minimum atomic E-state index is -0.286. The fraction of sp³-hybridized carbons (Fsp3) is 0.0400. The van der Waals surface area contributed by atoms with E-state index >= 15 is 0 Å². The van der Waals surface area contributed by atoms with Gasteiger partial charge >= 0.3 is 0 Å². The number of aromatic nitrogens is 1. The Bertz CT molecular complexity index is 1390. The molecule has 1 heterocycles. The van der Waals surface area contributed by atoms with E-state index in [0.717, 1.165) is 38.4 Å². The van der Waals surface area contributed by atoms with Crippen LogP contribution in [0.1, 0.15) is 0 Å². The molecule has 0 aliphatic rings. The molecule has 4 heteroatoms. The fourth-order valence-corrected chi connectivity index (χ4v) is 4.18. The van der Waals surface area contributed by atoms with Crippen molar-refractivity contribution in [3.63, 3.8) is 0 Å². The number of hydrogen-bond donors (Lipinski definition) is 0. The molecule has 29 heavy (non-hydrogen) atoms. The van der Waals surface area contributed by atoms with Crippen LogP contribution in [0.25, 0.3) is 44.1 Å². The first-order valence-corrected chi connectivity index (χ1v) is 9.45. The highest BCUT2D eigenvalue weighted by atomic mass is 16.6. The van der Waals surface area contributed by atoms with Gasteiger partial charge in [0.05, 0.1) is 10.6 Å². The van der Waals surface area contributed by atoms with Crippen LogP contribution in [0.2, 0.25) is 0 Å². The number of fused-ring (bicyclic) bond motifs is 2. The largest absolute Gasteiger partial charge is 0.338 e. The van der Waals surface area contributed by atoms with Crippen LogP contribution in [0.15, 0.2) is 91.0 Å². The van der Waals surface area contributed by atoms with Gasteiger partial charge in [-0.25, -0.2) is 0 Å². The molecule has 0 unspecified atom stereocenters. The van der Waals surface area contributed by atoms with Gasteiger partial charge in [-0.2, -0.15) is 0 Å². The van der Waals surface area contributed by atoms with Gasteiger partial charge in [-0.15, -0.1) is 0 Å². The van der Waals surface area contributed by atoms with Gasteiger partial charge in [0.15, 0.2) is 0 Å². The van der Waals surface area contributed by atoms with E-state index in [9.17, 15) is 10.1 Å². The molecule has 0 bridgehead atoms. The summed E-state index contributed by atoms with van der Waals surface area (Å²) in [6, 6.07) is 29.8. The molecule has 0 N–H and O–H groups in total. The summed E-state index contributed by atoms with van der Waals surface area (Å²) < 4.78 is 1.95. The van der Waals surface area contributed by atoms with Crippen LogP contribution in [0, 0.1) is 10.1 Å². The minimum absolute atomic E-state index is 0.117. The van der Waals surface area contributed by atoms with E-state index in [4.69, 9.17) is 0 Å². The highest BCUT2D eigenvalue weighted by Gasteiger charge is 2.25. The zero-order valence-electron chi connectivity index (χ0n) is 15.9. The molecule has 0 amide bonds. The number of rotatable bonds is 3. The molecule has 1 aromatic heterocycles. The molecule has 0 fully saturated rings. The SMILES string of the molecule is Cn1c(-c2cccc3ccccc23)cc([N+](=O)[O-])c1-c1cccc2ccccc12. The van der Waals surface area contributed by atoms with Crippen LogP contribution in [0.3, 0.4) is 0 Å². The molecule has 4 nitrogen and oxygen atoms in total. The van der Waals surface area contributed by atoms with Crippen molar-refractivity contribution in [1.29, 1.82) is 0 Å². The van der Waals surface area contributed by atoms with Crippen molar-refractivity contribution in [2.24, 2.45) is 7.05 Å².